The van der Waals surface area contributed by atoms with Gasteiger partial charge in [0, 0.05) is 29.5 Å². The van der Waals surface area contributed by atoms with Crippen LogP contribution < -0.4 is 5.32 Å². The molecular weight excluding hydrogens is 286 g/mol. The van der Waals surface area contributed by atoms with E-state index in [-0.39, 0.29) is 5.91 Å². The highest BCUT2D eigenvalue weighted by atomic mass is 32.2. The fourth-order valence-corrected chi connectivity index (χ4v) is 2.73. The van der Waals surface area contributed by atoms with Crippen LogP contribution in [-0.2, 0) is 11.2 Å². The van der Waals surface area contributed by atoms with Crippen molar-refractivity contribution >= 4 is 17.7 Å². The SMILES string of the molecule is Cc1noc(CCC(=O)NC[C@@H](C)Sc2ccccc2)n1. The number of hydrogen-bond donors (Lipinski definition) is 1. The van der Waals surface area contributed by atoms with Gasteiger partial charge >= 0.3 is 0 Å². The van der Waals surface area contributed by atoms with Gasteiger partial charge in [0.25, 0.3) is 0 Å². The minimum absolute atomic E-state index is 0.00589. The van der Waals surface area contributed by atoms with Gasteiger partial charge in [0.15, 0.2) is 5.82 Å². The van der Waals surface area contributed by atoms with Gasteiger partial charge in [-0.05, 0) is 19.1 Å². The van der Waals surface area contributed by atoms with Crippen molar-refractivity contribution in [3.63, 3.8) is 0 Å². The molecule has 0 aliphatic heterocycles. The first kappa shape index (κ1) is 15.6. The molecule has 0 saturated heterocycles. The lowest BCUT2D eigenvalue weighted by Crippen LogP contribution is -2.29. The molecule has 0 spiro atoms. The third-order valence-corrected chi connectivity index (χ3v) is 3.92. The third kappa shape index (κ3) is 5.59. The van der Waals surface area contributed by atoms with E-state index in [1.807, 2.05) is 18.2 Å². The Morgan fingerprint density at radius 1 is 1.38 bits per heavy atom. The first-order chi connectivity index (χ1) is 10.1. The molecule has 1 atom stereocenters. The second-order valence-electron chi connectivity index (χ2n) is 4.78. The lowest BCUT2D eigenvalue weighted by atomic mass is 10.3. The number of aryl methyl sites for hydroxylation is 2. The van der Waals surface area contributed by atoms with Crippen molar-refractivity contribution in [2.24, 2.45) is 0 Å². The number of thioether (sulfide) groups is 1. The highest BCUT2D eigenvalue weighted by Gasteiger charge is 2.09. The van der Waals surface area contributed by atoms with E-state index in [2.05, 4.69) is 34.5 Å². The second kappa shape index (κ2) is 7.83. The number of carbonyl (C=O) groups excluding carboxylic acids is 1. The molecule has 2 rings (SSSR count). The van der Waals surface area contributed by atoms with Crippen molar-refractivity contribution in [1.29, 1.82) is 0 Å². The number of carbonyl (C=O) groups is 1. The molecule has 1 N–H and O–H groups in total. The van der Waals surface area contributed by atoms with E-state index in [9.17, 15) is 4.79 Å². The summed E-state index contributed by atoms with van der Waals surface area (Å²) in [6.07, 6.45) is 0.844. The average molecular weight is 305 g/mol. The summed E-state index contributed by atoms with van der Waals surface area (Å²) in [6, 6.07) is 10.2. The average Bonchev–Trinajstić information content (AvgIpc) is 2.90. The predicted molar refractivity (Wildman–Crippen MR) is 82.1 cm³/mol. The zero-order valence-electron chi connectivity index (χ0n) is 12.2. The van der Waals surface area contributed by atoms with Crippen molar-refractivity contribution in [3.8, 4) is 0 Å². The zero-order chi connectivity index (χ0) is 15.1. The Morgan fingerprint density at radius 3 is 2.81 bits per heavy atom. The Labute approximate surface area is 128 Å². The maximum absolute atomic E-state index is 11.8. The topological polar surface area (TPSA) is 68.0 Å². The van der Waals surface area contributed by atoms with Crippen molar-refractivity contribution in [2.75, 3.05) is 6.54 Å². The maximum atomic E-state index is 11.8. The van der Waals surface area contributed by atoms with Crippen LogP contribution in [0.2, 0.25) is 0 Å². The predicted octanol–water partition coefficient (Wildman–Crippen LogP) is 2.61. The van der Waals surface area contributed by atoms with E-state index < -0.39 is 0 Å². The molecule has 0 aliphatic carbocycles. The van der Waals surface area contributed by atoms with Crippen molar-refractivity contribution in [3.05, 3.63) is 42.0 Å². The Balaban J connectivity index is 1.66. The Hall–Kier alpha value is -1.82. The van der Waals surface area contributed by atoms with Gasteiger partial charge in [-0.1, -0.05) is 30.3 Å². The van der Waals surface area contributed by atoms with E-state index in [0.717, 1.165) is 0 Å². The highest BCUT2D eigenvalue weighted by Crippen LogP contribution is 2.21. The number of rotatable bonds is 7. The fourth-order valence-electron chi connectivity index (χ4n) is 1.78. The Bertz CT molecular complexity index is 571. The third-order valence-electron chi connectivity index (χ3n) is 2.80. The second-order valence-corrected chi connectivity index (χ2v) is 6.29. The first-order valence-corrected chi connectivity index (χ1v) is 7.79. The van der Waals surface area contributed by atoms with Gasteiger partial charge in [-0.15, -0.1) is 11.8 Å². The normalized spacial score (nSPS) is 12.1. The molecule has 1 heterocycles. The van der Waals surface area contributed by atoms with Crippen LogP contribution in [0.15, 0.2) is 39.8 Å². The Kier molecular flexibility index (Phi) is 5.80. The molecule has 0 saturated carbocycles. The molecule has 112 valence electrons. The monoisotopic (exact) mass is 305 g/mol. The number of nitrogens with one attached hydrogen (secondary N) is 1. The van der Waals surface area contributed by atoms with E-state index in [4.69, 9.17) is 4.52 Å². The molecule has 0 unspecified atom stereocenters. The fraction of sp³-hybridized carbons (Fsp3) is 0.400. The number of benzene rings is 1. The van der Waals surface area contributed by atoms with Gasteiger partial charge in [0.05, 0.1) is 0 Å². The van der Waals surface area contributed by atoms with Crippen molar-refractivity contribution < 1.29 is 9.32 Å². The molecule has 5 nitrogen and oxygen atoms in total. The standard InChI is InChI=1S/C15H19N3O2S/c1-11(21-13-6-4-3-5-7-13)10-16-14(19)8-9-15-17-12(2)18-20-15/h3-7,11H,8-10H2,1-2H3,(H,16,19)/t11-/m1/s1. The van der Waals surface area contributed by atoms with Gasteiger partial charge in [-0.3, -0.25) is 4.79 Å². The summed E-state index contributed by atoms with van der Waals surface area (Å²) >= 11 is 1.75. The van der Waals surface area contributed by atoms with Crippen LogP contribution in [0.25, 0.3) is 0 Å². The van der Waals surface area contributed by atoms with E-state index in [0.29, 0.717) is 36.4 Å². The number of hydrogen-bond acceptors (Lipinski definition) is 5. The van der Waals surface area contributed by atoms with Crippen LogP contribution in [0, 0.1) is 6.92 Å². The summed E-state index contributed by atoms with van der Waals surface area (Å²) in [4.78, 5) is 17.1. The number of amides is 1. The lowest BCUT2D eigenvalue weighted by Gasteiger charge is -2.12. The number of aromatic nitrogens is 2. The van der Waals surface area contributed by atoms with E-state index in [1.54, 1.807) is 18.7 Å². The Morgan fingerprint density at radius 2 is 2.14 bits per heavy atom. The van der Waals surface area contributed by atoms with Gasteiger partial charge in [0.1, 0.15) is 0 Å². The molecule has 2 aromatic rings. The van der Waals surface area contributed by atoms with Crippen LogP contribution in [0.4, 0.5) is 0 Å². The molecule has 0 fully saturated rings. The van der Waals surface area contributed by atoms with Gasteiger partial charge in [0.2, 0.25) is 11.8 Å². The molecular formula is C15H19N3O2S. The molecule has 0 bridgehead atoms. The van der Waals surface area contributed by atoms with Crippen molar-refractivity contribution in [2.45, 2.75) is 36.8 Å². The van der Waals surface area contributed by atoms with Crippen LogP contribution in [-0.4, -0.2) is 27.8 Å². The molecule has 21 heavy (non-hydrogen) atoms. The minimum Gasteiger partial charge on any atom is -0.355 e. The minimum atomic E-state index is 0.00589. The smallest absolute Gasteiger partial charge is 0.227 e. The highest BCUT2D eigenvalue weighted by molar-refractivity contribution is 8.00. The first-order valence-electron chi connectivity index (χ1n) is 6.91. The van der Waals surface area contributed by atoms with Gasteiger partial charge < -0.3 is 9.84 Å². The lowest BCUT2D eigenvalue weighted by molar-refractivity contribution is -0.121. The van der Waals surface area contributed by atoms with E-state index in [1.165, 1.54) is 4.90 Å². The van der Waals surface area contributed by atoms with Crippen LogP contribution in [0.3, 0.4) is 0 Å². The van der Waals surface area contributed by atoms with Crippen LogP contribution in [0.1, 0.15) is 25.1 Å². The molecule has 0 aliphatic rings. The van der Waals surface area contributed by atoms with Crippen LogP contribution >= 0.6 is 11.8 Å². The summed E-state index contributed by atoms with van der Waals surface area (Å²) in [5.74, 6) is 1.11. The molecule has 1 aromatic heterocycles. The quantitative estimate of drug-likeness (QED) is 0.796. The summed E-state index contributed by atoms with van der Waals surface area (Å²) in [7, 11) is 0. The largest absolute Gasteiger partial charge is 0.355 e. The molecule has 6 heteroatoms. The molecule has 0 radical (unpaired) electrons. The molecule has 1 aromatic carbocycles. The summed E-state index contributed by atoms with van der Waals surface area (Å²) in [6.45, 7) is 4.50. The maximum Gasteiger partial charge on any atom is 0.227 e. The molecule has 1 amide bonds. The summed E-state index contributed by atoms with van der Waals surface area (Å²) in [5.41, 5.74) is 0. The van der Waals surface area contributed by atoms with Gasteiger partial charge in [-0.25, -0.2) is 0 Å². The van der Waals surface area contributed by atoms with E-state index >= 15 is 0 Å². The van der Waals surface area contributed by atoms with Gasteiger partial charge in [-0.2, -0.15) is 4.98 Å². The zero-order valence-corrected chi connectivity index (χ0v) is 13.0. The summed E-state index contributed by atoms with van der Waals surface area (Å²) in [5, 5.41) is 6.95. The van der Waals surface area contributed by atoms with Crippen LogP contribution in [0.5, 0.6) is 0 Å². The number of nitrogens with zero attached hydrogens (tertiary/aromatic N) is 2. The van der Waals surface area contributed by atoms with Crippen molar-refractivity contribution in [1.82, 2.24) is 15.5 Å². The summed E-state index contributed by atoms with van der Waals surface area (Å²) < 4.78 is 4.97.